The molecular weight excluding hydrogens is 246 g/mol. The number of aromatic nitrogens is 1. The van der Waals surface area contributed by atoms with Crippen molar-refractivity contribution in [1.82, 2.24) is 15.2 Å². The van der Waals surface area contributed by atoms with E-state index in [-0.39, 0.29) is 0 Å². The zero-order valence-electron chi connectivity index (χ0n) is 12.2. The number of hydrogen-bond acceptors (Lipinski definition) is 3. The van der Waals surface area contributed by atoms with Crippen LogP contribution in [0.5, 0.6) is 0 Å². The van der Waals surface area contributed by atoms with E-state index in [2.05, 4.69) is 46.5 Å². The molecule has 3 heteroatoms. The van der Waals surface area contributed by atoms with Gasteiger partial charge >= 0.3 is 0 Å². The Balaban J connectivity index is 1.52. The Hall–Kier alpha value is -1.45. The van der Waals surface area contributed by atoms with Gasteiger partial charge in [-0.3, -0.25) is 4.98 Å². The summed E-state index contributed by atoms with van der Waals surface area (Å²) >= 11 is 0. The molecule has 1 fully saturated rings. The number of fused-ring (bicyclic) bond motifs is 1. The normalized spacial score (nSPS) is 17.6. The van der Waals surface area contributed by atoms with E-state index < -0.39 is 0 Å². The summed E-state index contributed by atoms with van der Waals surface area (Å²) in [6.07, 6.45) is 6.43. The Morgan fingerprint density at radius 3 is 2.90 bits per heavy atom. The van der Waals surface area contributed by atoms with E-state index in [0.29, 0.717) is 0 Å². The van der Waals surface area contributed by atoms with Gasteiger partial charge in [0.25, 0.3) is 0 Å². The van der Waals surface area contributed by atoms with Gasteiger partial charge in [0.1, 0.15) is 0 Å². The summed E-state index contributed by atoms with van der Waals surface area (Å²) in [7, 11) is 2.22. The van der Waals surface area contributed by atoms with E-state index in [4.69, 9.17) is 0 Å². The highest BCUT2D eigenvalue weighted by Gasteiger charge is 2.15. The lowest BCUT2D eigenvalue weighted by molar-refractivity contribution is 0.216. The average Bonchev–Trinajstić information content (AvgIpc) is 2.49. The molecule has 2 heterocycles. The molecule has 2 aromatic rings. The third-order valence-corrected chi connectivity index (χ3v) is 4.31. The maximum absolute atomic E-state index is 4.15. The molecule has 1 aromatic heterocycles. The van der Waals surface area contributed by atoms with Crippen LogP contribution in [-0.2, 0) is 6.54 Å². The van der Waals surface area contributed by atoms with Crippen LogP contribution in [0.25, 0.3) is 10.8 Å². The van der Waals surface area contributed by atoms with Gasteiger partial charge in [-0.2, -0.15) is 0 Å². The minimum Gasteiger partial charge on any atom is -0.312 e. The summed E-state index contributed by atoms with van der Waals surface area (Å²) < 4.78 is 0. The van der Waals surface area contributed by atoms with Gasteiger partial charge in [-0.25, -0.2) is 0 Å². The molecule has 1 aliphatic heterocycles. The van der Waals surface area contributed by atoms with Gasteiger partial charge in [0.15, 0.2) is 0 Å². The second-order valence-electron chi connectivity index (χ2n) is 5.93. The molecular formula is C17H23N3. The molecule has 1 aliphatic rings. The molecule has 0 unspecified atom stereocenters. The number of likely N-dealkylation sites (tertiary alicyclic amines) is 1. The lowest BCUT2D eigenvalue weighted by Gasteiger charge is -2.29. The molecule has 3 rings (SSSR count). The fourth-order valence-electron chi connectivity index (χ4n) is 2.93. The van der Waals surface area contributed by atoms with Crippen LogP contribution in [0.15, 0.2) is 36.7 Å². The van der Waals surface area contributed by atoms with Gasteiger partial charge in [-0.05, 0) is 68.5 Å². The summed E-state index contributed by atoms with van der Waals surface area (Å²) in [4.78, 5) is 6.58. The third kappa shape index (κ3) is 3.35. The highest BCUT2D eigenvalue weighted by molar-refractivity contribution is 5.81. The first-order valence-electron chi connectivity index (χ1n) is 7.53. The van der Waals surface area contributed by atoms with Crippen molar-refractivity contribution in [3.63, 3.8) is 0 Å². The highest BCUT2D eigenvalue weighted by atomic mass is 15.1. The quantitative estimate of drug-likeness (QED) is 0.925. The first-order valence-corrected chi connectivity index (χ1v) is 7.53. The molecule has 0 atom stereocenters. The van der Waals surface area contributed by atoms with E-state index >= 15 is 0 Å². The van der Waals surface area contributed by atoms with E-state index in [9.17, 15) is 0 Å². The van der Waals surface area contributed by atoms with Crippen LogP contribution in [0.4, 0.5) is 0 Å². The van der Waals surface area contributed by atoms with Crippen LogP contribution < -0.4 is 5.32 Å². The molecule has 0 aliphatic carbocycles. The molecule has 0 spiro atoms. The SMILES string of the molecule is CN1CCC(CNCc2ccc3cnccc3c2)CC1. The standard InChI is InChI=1S/C17H23N3/c1-20-8-5-14(6-9-20)11-19-12-15-2-3-17-13-18-7-4-16(17)10-15/h2-4,7,10,13-14,19H,5-6,8-9,11-12H2,1H3. The number of nitrogens with one attached hydrogen (secondary N) is 1. The van der Waals surface area contributed by atoms with Gasteiger partial charge in [0, 0.05) is 24.3 Å². The molecule has 1 saturated heterocycles. The minimum absolute atomic E-state index is 0.843. The molecule has 1 N–H and O–H groups in total. The van der Waals surface area contributed by atoms with Crippen molar-refractivity contribution < 1.29 is 0 Å². The number of hydrogen-bond donors (Lipinski definition) is 1. The molecule has 106 valence electrons. The number of piperidine rings is 1. The average molecular weight is 269 g/mol. The van der Waals surface area contributed by atoms with Crippen LogP contribution in [-0.4, -0.2) is 36.6 Å². The summed E-state index contributed by atoms with van der Waals surface area (Å²) in [6, 6.07) is 8.70. The summed E-state index contributed by atoms with van der Waals surface area (Å²) in [5, 5.41) is 6.11. The Morgan fingerprint density at radius 1 is 1.20 bits per heavy atom. The smallest absolute Gasteiger partial charge is 0.0346 e. The van der Waals surface area contributed by atoms with Gasteiger partial charge in [0.2, 0.25) is 0 Å². The highest BCUT2D eigenvalue weighted by Crippen LogP contribution is 2.16. The van der Waals surface area contributed by atoms with Crippen molar-refractivity contribution in [2.45, 2.75) is 19.4 Å². The Kier molecular flexibility index (Phi) is 4.28. The molecule has 20 heavy (non-hydrogen) atoms. The fraction of sp³-hybridized carbons (Fsp3) is 0.471. The Morgan fingerprint density at radius 2 is 2.05 bits per heavy atom. The second-order valence-corrected chi connectivity index (χ2v) is 5.93. The van der Waals surface area contributed by atoms with Crippen molar-refractivity contribution in [2.24, 2.45) is 5.92 Å². The van der Waals surface area contributed by atoms with Gasteiger partial charge in [-0.1, -0.05) is 12.1 Å². The zero-order chi connectivity index (χ0) is 13.8. The first-order chi connectivity index (χ1) is 9.81. The largest absolute Gasteiger partial charge is 0.312 e. The molecule has 1 aromatic carbocycles. The monoisotopic (exact) mass is 269 g/mol. The Bertz CT molecular complexity index is 559. The van der Waals surface area contributed by atoms with Gasteiger partial charge in [-0.15, -0.1) is 0 Å². The van der Waals surface area contributed by atoms with Crippen LogP contribution in [0, 0.1) is 5.92 Å². The first kappa shape index (κ1) is 13.5. The second kappa shape index (κ2) is 6.33. The lowest BCUT2D eigenvalue weighted by atomic mass is 9.97. The van der Waals surface area contributed by atoms with E-state index in [1.54, 1.807) is 0 Å². The van der Waals surface area contributed by atoms with Crippen molar-refractivity contribution in [3.05, 3.63) is 42.2 Å². The zero-order valence-corrected chi connectivity index (χ0v) is 12.2. The van der Waals surface area contributed by atoms with Crippen molar-refractivity contribution in [2.75, 3.05) is 26.7 Å². The van der Waals surface area contributed by atoms with E-state index in [1.165, 1.54) is 42.3 Å². The minimum atomic E-state index is 0.843. The fourth-order valence-corrected chi connectivity index (χ4v) is 2.93. The maximum Gasteiger partial charge on any atom is 0.0346 e. The number of benzene rings is 1. The summed E-state index contributed by atoms with van der Waals surface area (Å²) in [5.41, 5.74) is 1.36. The topological polar surface area (TPSA) is 28.2 Å². The Labute approximate surface area is 121 Å². The predicted octanol–water partition coefficient (Wildman–Crippen LogP) is 2.67. The van der Waals surface area contributed by atoms with Crippen molar-refractivity contribution in [3.8, 4) is 0 Å². The predicted molar refractivity (Wildman–Crippen MR) is 83.7 cm³/mol. The number of nitrogens with zero attached hydrogens (tertiary/aromatic N) is 2. The van der Waals surface area contributed by atoms with Gasteiger partial charge in [0.05, 0.1) is 0 Å². The third-order valence-electron chi connectivity index (χ3n) is 4.31. The summed E-state index contributed by atoms with van der Waals surface area (Å²) in [6.45, 7) is 4.59. The van der Waals surface area contributed by atoms with Gasteiger partial charge < -0.3 is 10.2 Å². The van der Waals surface area contributed by atoms with E-state index in [1.807, 2.05) is 12.4 Å². The lowest BCUT2D eigenvalue weighted by Crippen LogP contribution is -2.34. The van der Waals surface area contributed by atoms with Crippen LogP contribution in [0.2, 0.25) is 0 Å². The molecule has 3 nitrogen and oxygen atoms in total. The van der Waals surface area contributed by atoms with Crippen LogP contribution in [0.1, 0.15) is 18.4 Å². The number of rotatable bonds is 4. The maximum atomic E-state index is 4.15. The summed E-state index contributed by atoms with van der Waals surface area (Å²) in [5.74, 6) is 0.843. The molecule has 0 radical (unpaired) electrons. The molecule has 0 bridgehead atoms. The van der Waals surface area contributed by atoms with Crippen LogP contribution in [0.3, 0.4) is 0 Å². The van der Waals surface area contributed by atoms with E-state index in [0.717, 1.165) is 19.0 Å². The van der Waals surface area contributed by atoms with Crippen molar-refractivity contribution in [1.29, 1.82) is 0 Å². The molecule has 0 amide bonds. The molecule has 0 saturated carbocycles. The van der Waals surface area contributed by atoms with Crippen molar-refractivity contribution >= 4 is 10.8 Å². The number of pyridine rings is 1. The van der Waals surface area contributed by atoms with Crippen LogP contribution >= 0.6 is 0 Å².